The van der Waals surface area contributed by atoms with Crippen LogP contribution in [0.25, 0.3) is 0 Å². The van der Waals surface area contributed by atoms with Crippen LogP contribution in [0, 0.1) is 5.92 Å². The Morgan fingerprint density at radius 1 is 1.17 bits per heavy atom. The molecule has 0 saturated heterocycles. The van der Waals surface area contributed by atoms with Crippen LogP contribution in [0.3, 0.4) is 0 Å². The lowest BCUT2D eigenvalue weighted by atomic mass is 9.86. The van der Waals surface area contributed by atoms with Crippen molar-refractivity contribution < 1.29 is 14.6 Å². The fraction of sp³-hybridized carbons (Fsp3) is 0.929. The van der Waals surface area contributed by atoms with Crippen LogP contribution < -0.4 is 5.32 Å². The third kappa shape index (κ3) is 4.25. The van der Waals surface area contributed by atoms with Gasteiger partial charge in [0.1, 0.15) is 0 Å². The van der Waals surface area contributed by atoms with Gasteiger partial charge in [0.25, 0.3) is 0 Å². The Kier molecular flexibility index (Phi) is 5.45. The van der Waals surface area contributed by atoms with Gasteiger partial charge in [0.2, 0.25) is 0 Å². The van der Waals surface area contributed by atoms with E-state index in [2.05, 4.69) is 5.32 Å². The molecule has 0 aliphatic heterocycles. The van der Waals surface area contributed by atoms with Crippen LogP contribution in [-0.2, 0) is 9.53 Å². The number of carboxylic acids is 1. The molecule has 2 fully saturated rings. The molecule has 18 heavy (non-hydrogen) atoms. The van der Waals surface area contributed by atoms with E-state index in [1.54, 1.807) is 0 Å². The van der Waals surface area contributed by atoms with E-state index in [4.69, 9.17) is 9.84 Å². The normalized spacial score (nSPS) is 29.6. The standard InChI is InChI=1S/C14H25NO3/c16-14(17)11-4-3-5-12(10-11)15-8-9-18-13-6-1-2-7-13/h11-13,15H,1-10H2,(H,16,17). The van der Waals surface area contributed by atoms with E-state index >= 15 is 0 Å². The van der Waals surface area contributed by atoms with Crippen LogP contribution in [0.15, 0.2) is 0 Å². The Labute approximate surface area is 109 Å². The van der Waals surface area contributed by atoms with E-state index in [9.17, 15) is 4.79 Å². The highest BCUT2D eigenvalue weighted by Crippen LogP contribution is 2.24. The van der Waals surface area contributed by atoms with Crippen molar-refractivity contribution in [3.63, 3.8) is 0 Å². The molecule has 2 unspecified atom stereocenters. The molecular weight excluding hydrogens is 230 g/mol. The summed E-state index contributed by atoms with van der Waals surface area (Å²) < 4.78 is 5.79. The lowest BCUT2D eigenvalue weighted by Crippen LogP contribution is -2.38. The third-order valence-corrected chi connectivity index (χ3v) is 4.21. The largest absolute Gasteiger partial charge is 0.481 e. The topological polar surface area (TPSA) is 58.6 Å². The van der Waals surface area contributed by atoms with Crippen molar-refractivity contribution in [1.29, 1.82) is 0 Å². The quantitative estimate of drug-likeness (QED) is 0.714. The molecule has 0 radical (unpaired) electrons. The van der Waals surface area contributed by atoms with Crippen molar-refractivity contribution in [2.24, 2.45) is 5.92 Å². The van der Waals surface area contributed by atoms with Gasteiger partial charge in [-0.25, -0.2) is 0 Å². The number of hydrogen-bond acceptors (Lipinski definition) is 3. The van der Waals surface area contributed by atoms with Crippen LogP contribution in [0.1, 0.15) is 51.4 Å². The van der Waals surface area contributed by atoms with Gasteiger partial charge in [-0.2, -0.15) is 0 Å². The van der Waals surface area contributed by atoms with Gasteiger partial charge >= 0.3 is 5.97 Å². The molecule has 2 aliphatic carbocycles. The molecule has 0 aromatic rings. The van der Waals surface area contributed by atoms with Gasteiger partial charge in [-0.3, -0.25) is 4.79 Å². The molecule has 0 amide bonds. The van der Waals surface area contributed by atoms with Crippen molar-refractivity contribution in [2.75, 3.05) is 13.2 Å². The number of rotatable bonds is 6. The van der Waals surface area contributed by atoms with E-state index in [0.717, 1.165) is 38.8 Å². The number of ether oxygens (including phenoxy) is 1. The summed E-state index contributed by atoms with van der Waals surface area (Å²) in [4.78, 5) is 11.0. The highest BCUT2D eigenvalue weighted by atomic mass is 16.5. The maximum atomic E-state index is 11.0. The van der Waals surface area contributed by atoms with Crippen molar-refractivity contribution in [1.82, 2.24) is 5.32 Å². The average molecular weight is 255 g/mol. The summed E-state index contributed by atoms with van der Waals surface area (Å²) in [5.74, 6) is -0.782. The Morgan fingerprint density at radius 3 is 2.67 bits per heavy atom. The second-order valence-corrected chi connectivity index (χ2v) is 5.63. The summed E-state index contributed by atoms with van der Waals surface area (Å²) in [6.07, 6.45) is 9.26. The molecule has 2 atom stereocenters. The summed E-state index contributed by atoms with van der Waals surface area (Å²) in [5.41, 5.74) is 0. The van der Waals surface area contributed by atoms with Crippen LogP contribution in [0.2, 0.25) is 0 Å². The van der Waals surface area contributed by atoms with Gasteiger partial charge in [-0.05, 0) is 32.1 Å². The zero-order valence-electron chi connectivity index (χ0n) is 11.1. The fourth-order valence-corrected chi connectivity index (χ4v) is 3.14. The van der Waals surface area contributed by atoms with Gasteiger partial charge in [0.05, 0.1) is 18.6 Å². The fourth-order valence-electron chi connectivity index (χ4n) is 3.14. The molecule has 104 valence electrons. The van der Waals surface area contributed by atoms with Crippen molar-refractivity contribution >= 4 is 5.97 Å². The molecule has 0 spiro atoms. The minimum atomic E-state index is -0.635. The molecule has 2 saturated carbocycles. The summed E-state index contributed by atoms with van der Waals surface area (Å²) >= 11 is 0. The molecule has 0 aromatic carbocycles. The zero-order chi connectivity index (χ0) is 12.8. The van der Waals surface area contributed by atoms with Crippen molar-refractivity contribution in [3.05, 3.63) is 0 Å². The maximum Gasteiger partial charge on any atom is 0.306 e. The Morgan fingerprint density at radius 2 is 1.94 bits per heavy atom. The number of hydrogen-bond donors (Lipinski definition) is 2. The monoisotopic (exact) mass is 255 g/mol. The molecule has 4 heteroatoms. The van der Waals surface area contributed by atoms with Crippen LogP contribution in [0.4, 0.5) is 0 Å². The van der Waals surface area contributed by atoms with E-state index in [1.165, 1.54) is 25.7 Å². The lowest BCUT2D eigenvalue weighted by Gasteiger charge is -2.27. The highest BCUT2D eigenvalue weighted by Gasteiger charge is 2.26. The minimum Gasteiger partial charge on any atom is -0.481 e. The molecule has 0 bridgehead atoms. The summed E-state index contributed by atoms with van der Waals surface area (Å²) in [5, 5.41) is 12.5. The second-order valence-electron chi connectivity index (χ2n) is 5.63. The first kappa shape index (κ1) is 13.8. The third-order valence-electron chi connectivity index (χ3n) is 4.21. The van der Waals surface area contributed by atoms with Gasteiger partial charge in [0, 0.05) is 12.6 Å². The minimum absolute atomic E-state index is 0.146. The second kappa shape index (κ2) is 7.10. The van der Waals surface area contributed by atoms with Gasteiger partial charge in [0.15, 0.2) is 0 Å². The maximum absolute atomic E-state index is 11.0. The summed E-state index contributed by atoms with van der Waals surface area (Å²) in [7, 11) is 0. The average Bonchev–Trinajstić information content (AvgIpc) is 2.88. The molecule has 2 N–H and O–H groups in total. The van der Waals surface area contributed by atoms with E-state index < -0.39 is 5.97 Å². The summed E-state index contributed by atoms with van der Waals surface area (Å²) in [6.45, 7) is 1.62. The molecule has 2 aliphatic rings. The highest BCUT2D eigenvalue weighted by molar-refractivity contribution is 5.70. The predicted molar refractivity (Wildman–Crippen MR) is 69.6 cm³/mol. The van der Waals surface area contributed by atoms with Crippen molar-refractivity contribution in [2.45, 2.75) is 63.5 Å². The van der Waals surface area contributed by atoms with E-state index in [1.807, 2.05) is 0 Å². The molecule has 0 heterocycles. The Hall–Kier alpha value is -0.610. The molecule has 2 rings (SSSR count). The smallest absolute Gasteiger partial charge is 0.306 e. The number of carbonyl (C=O) groups is 1. The number of aliphatic carboxylic acids is 1. The molecule has 4 nitrogen and oxygen atoms in total. The number of carboxylic acid groups (broad SMARTS) is 1. The van der Waals surface area contributed by atoms with E-state index in [-0.39, 0.29) is 5.92 Å². The van der Waals surface area contributed by atoms with Crippen LogP contribution in [0.5, 0.6) is 0 Å². The first-order valence-electron chi connectivity index (χ1n) is 7.33. The predicted octanol–water partition coefficient (Wildman–Crippen LogP) is 2.18. The summed E-state index contributed by atoms with van der Waals surface area (Å²) in [6, 6.07) is 0.368. The SMILES string of the molecule is O=C(O)C1CCCC(NCCOC2CCCC2)C1. The van der Waals surface area contributed by atoms with Gasteiger partial charge in [-0.1, -0.05) is 19.3 Å². The van der Waals surface area contributed by atoms with Gasteiger partial charge < -0.3 is 15.2 Å². The van der Waals surface area contributed by atoms with Gasteiger partial charge in [-0.15, -0.1) is 0 Å². The molecule has 0 aromatic heterocycles. The van der Waals surface area contributed by atoms with Crippen molar-refractivity contribution in [3.8, 4) is 0 Å². The number of nitrogens with one attached hydrogen (secondary N) is 1. The zero-order valence-corrected chi connectivity index (χ0v) is 11.1. The first-order chi connectivity index (χ1) is 8.75. The Balaban J connectivity index is 1.56. The lowest BCUT2D eigenvalue weighted by molar-refractivity contribution is -0.143. The first-order valence-corrected chi connectivity index (χ1v) is 7.33. The molecular formula is C14H25NO3. The van der Waals surface area contributed by atoms with E-state index in [0.29, 0.717) is 12.1 Å². The Bertz CT molecular complexity index is 264. The van der Waals surface area contributed by atoms with Crippen LogP contribution >= 0.6 is 0 Å². The van der Waals surface area contributed by atoms with Crippen LogP contribution in [-0.4, -0.2) is 36.4 Å².